The molecule has 0 aliphatic carbocycles. The van der Waals surface area contributed by atoms with Gasteiger partial charge in [-0.3, -0.25) is 9.36 Å². The third-order valence-electron chi connectivity index (χ3n) is 3.95. The molecule has 2 heterocycles. The van der Waals surface area contributed by atoms with E-state index in [9.17, 15) is 4.79 Å². The lowest BCUT2D eigenvalue weighted by atomic mass is 10.1. The minimum atomic E-state index is -0.351. The van der Waals surface area contributed by atoms with Crippen LogP contribution in [0.5, 0.6) is 0 Å². The first-order valence-corrected chi connectivity index (χ1v) is 8.76. The fourth-order valence-corrected chi connectivity index (χ4v) is 3.47. The average molecular weight is 331 g/mol. The van der Waals surface area contributed by atoms with Gasteiger partial charge in [0.2, 0.25) is 11.9 Å². The maximum Gasteiger partial charge on any atom is 0.232 e. The molecule has 1 aromatic heterocycles. The number of aromatic nitrogens is 3. The van der Waals surface area contributed by atoms with Gasteiger partial charge in [-0.15, -0.1) is 10.2 Å². The largest absolute Gasteiger partial charge is 0.369 e. The zero-order chi connectivity index (χ0) is 16.2. The summed E-state index contributed by atoms with van der Waals surface area (Å²) in [6, 6.07) is 10.0. The molecule has 0 spiro atoms. The molecule has 0 radical (unpaired) electrons. The van der Waals surface area contributed by atoms with Gasteiger partial charge < -0.3 is 10.6 Å². The quantitative estimate of drug-likeness (QED) is 0.850. The molecule has 6 nitrogen and oxygen atoms in total. The Bertz CT molecular complexity index is 666. The second-order valence-electron chi connectivity index (χ2n) is 5.66. The van der Waals surface area contributed by atoms with E-state index in [4.69, 9.17) is 5.73 Å². The Balaban J connectivity index is 1.99. The fourth-order valence-electron chi connectivity index (χ4n) is 2.66. The van der Waals surface area contributed by atoms with Gasteiger partial charge in [0, 0.05) is 13.1 Å². The molecule has 0 saturated carbocycles. The van der Waals surface area contributed by atoms with E-state index in [1.54, 1.807) is 6.92 Å². The number of anilines is 1. The highest BCUT2D eigenvalue weighted by Gasteiger charge is 2.23. The van der Waals surface area contributed by atoms with Crippen LogP contribution in [0.25, 0.3) is 5.69 Å². The Morgan fingerprint density at radius 3 is 2.52 bits per heavy atom. The molecular formula is C16H21N5OS. The van der Waals surface area contributed by atoms with Crippen molar-refractivity contribution in [1.82, 2.24) is 14.8 Å². The topological polar surface area (TPSA) is 77.0 Å². The minimum absolute atomic E-state index is 0.350. The molecule has 1 aliphatic heterocycles. The molecule has 1 aliphatic rings. The highest BCUT2D eigenvalue weighted by Crippen LogP contribution is 2.30. The van der Waals surface area contributed by atoms with Crippen LogP contribution in [-0.2, 0) is 4.79 Å². The van der Waals surface area contributed by atoms with E-state index in [2.05, 4.69) is 15.1 Å². The monoisotopic (exact) mass is 331 g/mol. The number of amides is 1. The van der Waals surface area contributed by atoms with Crippen LogP contribution in [0.1, 0.15) is 26.2 Å². The second-order valence-corrected chi connectivity index (χ2v) is 6.97. The van der Waals surface area contributed by atoms with Crippen molar-refractivity contribution < 1.29 is 4.79 Å². The zero-order valence-corrected chi connectivity index (χ0v) is 14.0. The number of nitrogens with zero attached hydrogens (tertiary/aromatic N) is 4. The molecule has 3 rings (SSSR count). The van der Waals surface area contributed by atoms with E-state index >= 15 is 0 Å². The molecule has 1 saturated heterocycles. The van der Waals surface area contributed by atoms with Crippen LogP contribution < -0.4 is 10.6 Å². The van der Waals surface area contributed by atoms with Gasteiger partial charge in [-0.25, -0.2) is 0 Å². The van der Waals surface area contributed by atoms with E-state index in [0.29, 0.717) is 5.16 Å². The number of benzene rings is 1. The lowest BCUT2D eigenvalue weighted by Gasteiger charge is -2.27. The van der Waals surface area contributed by atoms with Crippen molar-refractivity contribution in [1.29, 1.82) is 0 Å². The average Bonchev–Trinajstić information content (AvgIpc) is 3.00. The predicted octanol–water partition coefficient (Wildman–Crippen LogP) is 2.22. The van der Waals surface area contributed by atoms with Crippen molar-refractivity contribution in [3.8, 4) is 5.69 Å². The number of primary amides is 1. The van der Waals surface area contributed by atoms with E-state index in [1.807, 2.05) is 34.9 Å². The Hall–Kier alpha value is -2.02. The van der Waals surface area contributed by atoms with Gasteiger partial charge >= 0.3 is 0 Å². The SMILES string of the molecule is C[C@@H](Sc1nnc(N2CCCCC2)n1-c1ccccc1)C(N)=O. The molecular weight excluding hydrogens is 310 g/mol. The lowest BCUT2D eigenvalue weighted by Crippen LogP contribution is -2.31. The van der Waals surface area contributed by atoms with E-state index in [-0.39, 0.29) is 11.2 Å². The van der Waals surface area contributed by atoms with Gasteiger partial charge in [0.05, 0.1) is 10.9 Å². The van der Waals surface area contributed by atoms with Crippen LogP contribution in [-0.4, -0.2) is 39.0 Å². The highest BCUT2D eigenvalue weighted by molar-refractivity contribution is 8.00. The number of hydrogen-bond donors (Lipinski definition) is 1. The molecule has 122 valence electrons. The predicted molar refractivity (Wildman–Crippen MR) is 91.9 cm³/mol. The number of rotatable bonds is 5. The number of carbonyl (C=O) groups excluding carboxylic acids is 1. The summed E-state index contributed by atoms with van der Waals surface area (Å²) < 4.78 is 2.02. The Morgan fingerprint density at radius 1 is 1.17 bits per heavy atom. The fraction of sp³-hybridized carbons (Fsp3) is 0.438. The molecule has 23 heavy (non-hydrogen) atoms. The van der Waals surface area contributed by atoms with Crippen LogP contribution >= 0.6 is 11.8 Å². The summed E-state index contributed by atoms with van der Waals surface area (Å²) in [7, 11) is 0. The Morgan fingerprint density at radius 2 is 1.87 bits per heavy atom. The third kappa shape index (κ3) is 3.50. The number of piperidine rings is 1. The van der Waals surface area contributed by atoms with Crippen molar-refractivity contribution in [2.75, 3.05) is 18.0 Å². The summed E-state index contributed by atoms with van der Waals surface area (Å²) in [6.45, 7) is 3.76. The number of para-hydroxylation sites is 1. The third-order valence-corrected chi connectivity index (χ3v) is 5.01. The van der Waals surface area contributed by atoms with Gasteiger partial charge in [-0.2, -0.15) is 0 Å². The first-order chi connectivity index (χ1) is 11.2. The van der Waals surface area contributed by atoms with Gasteiger partial charge in [0.25, 0.3) is 0 Å². The van der Waals surface area contributed by atoms with Gasteiger partial charge in [0.1, 0.15) is 0 Å². The minimum Gasteiger partial charge on any atom is -0.369 e. The van der Waals surface area contributed by atoms with Gasteiger partial charge in [-0.05, 0) is 38.3 Å². The molecule has 7 heteroatoms. The molecule has 2 N–H and O–H groups in total. The first kappa shape index (κ1) is 15.9. The number of carbonyl (C=O) groups is 1. The maximum atomic E-state index is 11.4. The van der Waals surface area contributed by atoms with Crippen LogP contribution in [0, 0.1) is 0 Å². The molecule has 1 atom stereocenters. The maximum absolute atomic E-state index is 11.4. The molecule has 1 aromatic carbocycles. The second kappa shape index (κ2) is 7.04. The summed E-state index contributed by atoms with van der Waals surface area (Å²) in [5.74, 6) is 0.493. The van der Waals surface area contributed by atoms with Crippen molar-refractivity contribution in [3.05, 3.63) is 30.3 Å². The standard InChI is InChI=1S/C16H21N5OS/c1-12(14(17)22)23-16-19-18-15(20-10-6-3-7-11-20)21(16)13-8-4-2-5-9-13/h2,4-5,8-9,12H,3,6-7,10-11H2,1H3,(H2,17,22)/t12-/m1/s1. The summed E-state index contributed by atoms with van der Waals surface area (Å²) in [5, 5.41) is 9.06. The molecule has 0 unspecified atom stereocenters. The molecule has 1 amide bonds. The summed E-state index contributed by atoms with van der Waals surface area (Å²) in [4.78, 5) is 13.7. The smallest absolute Gasteiger partial charge is 0.232 e. The molecule has 0 bridgehead atoms. The Kier molecular flexibility index (Phi) is 4.85. The van der Waals surface area contributed by atoms with Crippen LogP contribution in [0.4, 0.5) is 5.95 Å². The number of thioether (sulfide) groups is 1. The van der Waals surface area contributed by atoms with Crippen LogP contribution in [0.3, 0.4) is 0 Å². The zero-order valence-electron chi connectivity index (χ0n) is 13.2. The van der Waals surface area contributed by atoms with Crippen molar-refractivity contribution in [2.45, 2.75) is 36.6 Å². The van der Waals surface area contributed by atoms with Crippen LogP contribution in [0.15, 0.2) is 35.5 Å². The molecule has 1 fully saturated rings. The summed E-state index contributed by atoms with van der Waals surface area (Å²) in [6.07, 6.45) is 3.60. The van der Waals surface area contributed by atoms with Gasteiger partial charge in [0.15, 0.2) is 5.16 Å². The normalized spacial score (nSPS) is 16.3. The van der Waals surface area contributed by atoms with Crippen LogP contribution in [0.2, 0.25) is 0 Å². The summed E-state index contributed by atoms with van der Waals surface area (Å²) >= 11 is 1.35. The van der Waals surface area contributed by atoms with Crippen molar-refractivity contribution >= 4 is 23.6 Å². The Labute approximate surface area is 140 Å². The molecule has 2 aromatic rings. The first-order valence-electron chi connectivity index (χ1n) is 7.88. The van der Waals surface area contributed by atoms with Crippen molar-refractivity contribution in [3.63, 3.8) is 0 Å². The van der Waals surface area contributed by atoms with Crippen molar-refractivity contribution in [2.24, 2.45) is 5.73 Å². The van der Waals surface area contributed by atoms with Gasteiger partial charge in [-0.1, -0.05) is 30.0 Å². The lowest BCUT2D eigenvalue weighted by molar-refractivity contribution is -0.117. The van der Waals surface area contributed by atoms with E-state index in [1.165, 1.54) is 31.0 Å². The summed E-state index contributed by atoms with van der Waals surface area (Å²) in [5.41, 5.74) is 6.39. The van der Waals surface area contributed by atoms with E-state index < -0.39 is 0 Å². The highest BCUT2D eigenvalue weighted by atomic mass is 32.2. The number of nitrogens with two attached hydrogens (primary N) is 1. The number of hydrogen-bond acceptors (Lipinski definition) is 5. The van der Waals surface area contributed by atoms with E-state index in [0.717, 1.165) is 24.7 Å².